The molecule has 0 aliphatic heterocycles. The summed E-state index contributed by atoms with van der Waals surface area (Å²) in [7, 11) is 0. The molecular formula is C17H24O3. The second-order valence-corrected chi connectivity index (χ2v) is 7.67. The molecule has 0 saturated heterocycles. The fourth-order valence-electron chi connectivity index (χ4n) is 5.87. The molecule has 0 amide bonds. The highest BCUT2D eigenvalue weighted by molar-refractivity contribution is 6.00. The Kier molecular flexibility index (Phi) is 2.59. The quantitative estimate of drug-likeness (QED) is 0.691. The molecular weight excluding hydrogens is 252 g/mol. The summed E-state index contributed by atoms with van der Waals surface area (Å²) in [6, 6.07) is 0. The number of carbonyl (C=O) groups is 2. The third-order valence-corrected chi connectivity index (χ3v) is 6.58. The van der Waals surface area contributed by atoms with E-state index in [1.807, 2.05) is 6.92 Å². The van der Waals surface area contributed by atoms with Crippen molar-refractivity contribution < 1.29 is 14.3 Å². The normalized spacial score (nSPS) is 48.2. The summed E-state index contributed by atoms with van der Waals surface area (Å²) in [5.74, 6) is 0.710. The molecule has 2 fully saturated rings. The van der Waals surface area contributed by atoms with E-state index in [1.54, 1.807) is 6.08 Å². The highest BCUT2D eigenvalue weighted by Crippen LogP contribution is 2.75. The standard InChI is InChI=1S/C17H24O3/c1-10-6-7-12-15(3,4)14(20-11(2)18)16(5)13(19)8-9-17(10,12)16/h8-10,12,14H,6-7H2,1-5H3/t10-,12+,14-,16+,17+/m1/s1. The largest absolute Gasteiger partial charge is 0.461 e. The van der Waals surface area contributed by atoms with Gasteiger partial charge in [-0.05, 0) is 37.7 Å². The number of ketones is 1. The third-order valence-electron chi connectivity index (χ3n) is 6.58. The monoisotopic (exact) mass is 276 g/mol. The first kappa shape index (κ1) is 13.8. The van der Waals surface area contributed by atoms with Crippen molar-refractivity contribution in [1.29, 1.82) is 0 Å². The van der Waals surface area contributed by atoms with Gasteiger partial charge < -0.3 is 4.74 Å². The van der Waals surface area contributed by atoms with Gasteiger partial charge in [0.1, 0.15) is 6.10 Å². The highest BCUT2D eigenvalue weighted by atomic mass is 16.5. The van der Waals surface area contributed by atoms with E-state index in [9.17, 15) is 9.59 Å². The van der Waals surface area contributed by atoms with E-state index in [2.05, 4.69) is 26.8 Å². The van der Waals surface area contributed by atoms with Crippen LogP contribution in [-0.2, 0) is 14.3 Å². The maximum atomic E-state index is 12.7. The zero-order chi connectivity index (χ0) is 14.9. The van der Waals surface area contributed by atoms with E-state index in [-0.39, 0.29) is 28.7 Å². The van der Waals surface area contributed by atoms with Crippen molar-refractivity contribution >= 4 is 11.8 Å². The average Bonchev–Trinajstić information content (AvgIpc) is 2.86. The van der Waals surface area contributed by atoms with E-state index in [0.717, 1.165) is 12.8 Å². The van der Waals surface area contributed by atoms with Gasteiger partial charge in [0.05, 0.1) is 5.41 Å². The van der Waals surface area contributed by atoms with Crippen LogP contribution in [-0.4, -0.2) is 17.9 Å². The smallest absolute Gasteiger partial charge is 0.302 e. The van der Waals surface area contributed by atoms with Gasteiger partial charge in [0.15, 0.2) is 5.78 Å². The highest BCUT2D eigenvalue weighted by Gasteiger charge is 2.77. The molecule has 3 nitrogen and oxygen atoms in total. The Bertz CT molecular complexity index is 518. The van der Waals surface area contributed by atoms with Crippen molar-refractivity contribution in [2.75, 3.05) is 0 Å². The van der Waals surface area contributed by atoms with Crippen LogP contribution >= 0.6 is 0 Å². The topological polar surface area (TPSA) is 43.4 Å². The maximum Gasteiger partial charge on any atom is 0.302 e. The molecule has 0 radical (unpaired) electrons. The number of hydrogen-bond donors (Lipinski definition) is 0. The predicted octanol–water partition coefficient (Wildman–Crippen LogP) is 3.14. The van der Waals surface area contributed by atoms with Crippen LogP contribution in [0.25, 0.3) is 0 Å². The number of ether oxygens (including phenoxy) is 1. The van der Waals surface area contributed by atoms with Gasteiger partial charge in [-0.25, -0.2) is 0 Å². The number of hydrogen-bond acceptors (Lipinski definition) is 3. The number of rotatable bonds is 1. The average molecular weight is 276 g/mol. The zero-order valence-corrected chi connectivity index (χ0v) is 13.0. The molecule has 0 N–H and O–H groups in total. The molecule has 20 heavy (non-hydrogen) atoms. The Balaban J connectivity index is 2.20. The van der Waals surface area contributed by atoms with Gasteiger partial charge in [0.2, 0.25) is 0 Å². The Hall–Kier alpha value is -1.12. The minimum atomic E-state index is -0.594. The van der Waals surface area contributed by atoms with E-state index in [0.29, 0.717) is 11.8 Å². The third kappa shape index (κ3) is 1.23. The van der Waals surface area contributed by atoms with E-state index < -0.39 is 5.41 Å². The summed E-state index contributed by atoms with van der Waals surface area (Å²) < 4.78 is 5.69. The molecule has 3 aliphatic rings. The van der Waals surface area contributed by atoms with Crippen molar-refractivity contribution in [3.05, 3.63) is 12.2 Å². The molecule has 0 aromatic rings. The Morgan fingerprint density at radius 1 is 1.30 bits per heavy atom. The first-order valence-corrected chi connectivity index (χ1v) is 7.60. The van der Waals surface area contributed by atoms with Gasteiger partial charge in [-0.1, -0.05) is 26.8 Å². The molecule has 0 unspecified atom stereocenters. The summed E-state index contributed by atoms with van der Waals surface area (Å²) in [5.41, 5.74) is -0.887. The van der Waals surface area contributed by atoms with E-state index in [1.165, 1.54) is 6.92 Å². The van der Waals surface area contributed by atoms with Crippen LogP contribution in [0.1, 0.15) is 47.5 Å². The molecule has 0 bridgehead atoms. The second-order valence-electron chi connectivity index (χ2n) is 7.67. The summed E-state index contributed by atoms with van der Waals surface area (Å²) in [4.78, 5) is 24.2. The predicted molar refractivity (Wildman–Crippen MR) is 75.9 cm³/mol. The molecule has 0 aromatic carbocycles. The Morgan fingerprint density at radius 3 is 2.55 bits per heavy atom. The Morgan fingerprint density at radius 2 is 1.95 bits per heavy atom. The summed E-state index contributed by atoms with van der Waals surface area (Å²) in [5, 5.41) is 0. The lowest BCUT2D eigenvalue weighted by molar-refractivity contribution is -0.163. The maximum absolute atomic E-state index is 12.7. The van der Waals surface area contributed by atoms with Crippen LogP contribution in [0.15, 0.2) is 12.2 Å². The van der Waals surface area contributed by atoms with Crippen molar-refractivity contribution in [1.82, 2.24) is 0 Å². The summed E-state index contributed by atoms with van der Waals surface area (Å²) >= 11 is 0. The van der Waals surface area contributed by atoms with Gasteiger partial charge in [-0.3, -0.25) is 9.59 Å². The van der Waals surface area contributed by atoms with Gasteiger partial charge >= 0.3 is 5.97 Å². The van der Waals surface area contributed by atoms with E-state index >= 15 is 0 Å². The second kappa shape index (κ2) is 3.75. The summed E-state index contributed by atoms with van der Waals surface area (Å²) in [6.07, 6.45) is 5.80. The lowest BCUT2D eigenvalue weighted by Crippen LogP contribution is -2.48. The molecule has 1 spiro atoms. The SMILES string of the molecule is CC(=O)O[C@@H]1C(C)(C)[C@@H]2CC[C@@H](C)[C@@]23C=CC(=O)[C@@]13C. The number of carbonyl (C=O) groups excluding carboxylic acids is 2. The summed E-state index contributed by atoms with van der Waals surface area (Å²) in [6.45, 7) is 10.0. The van der Waals surface area contributed by atoms with Crippen LogP contribution < -0.4 is 0 Å². The van der Waals surface area contributed by atoms with Gasteiger partial charge in [0.25, 0.3) is 0 Å². The van der Waals surface area contributed by atoms with Crippen molar-refractivity contribution in [2.24, 2.45) is 28.1 Å². The first-order valence-electron chi connectivity index (χ1n) is 7.60. The minimum Gasteiger partial charge on any atom is -0.461 e. The van der Waals surface area contributed by atoms with Gasteiger partial charge in [-0.2, -0.15) is 0 Å². The lowest BCUT2D eigenvalue weighted by atomic mass is 9.61. The van der Waals surface area contributed by atoms with Crippen LogP contribution in [0.2, 0.25) is 0 Å². The molecule has 110 valence electrons. The van der Waals surface area contributed by atoms with Crippen molar-refractivity contribution in [2.45, 2.75) is 53.6 Å². The van der Waals surface area contributed by atoms with Crippen LogP contribution in [0, 0.1) is 28.1 Å². The van der Waals surface area contributed by atoms with Crippen LogP contribution in [0.3, 0.4) is 0 Å². The van der Waals surface area contributed by atoms with Gasteiger partial charge in [-0.15, -0.1) is 0 Å². The molecule has 3 heteroatoms. The zero-order valence-electron chi connectivity index (χ0n) is 13.0. The van der Waals surface area contributed by atoms with Crippen molar-refractivity contribution in [3.8, 4) is 0 Å². The molecule has 5 atom stereocenters. The molecule has 0 aromatic heterocycles. The fourth-order valence-corrected chi connectivity index (χ4v) is 5.87. The first-order chi connectivity index (χ1) is 9.19. The van der Waals surface area contributed by atoms with Crippen LogP contribution in [0.5, 0.6) is 0 Å². The van der Waals surface area contributed by atoms with Gasteiger partial charge in [0, 0.05) is 17.8 Å². The Labute approximate surface area is 120 Å². The minimum absolute atomic E-state index is 0.131. The lowest BCUT2D eigenvalue weighted by Gasteiger charge is -2.41. The molecule has 0 heterocycles. The number of allylic oxidation sites excluding steroid dienone is 2. The van der Waals surface area contributed by atoms with Crippen molar-refractivity contribution in [3.63, 3.8) is 0 Å². The van der Waals surface area contributed by atoms with E-state index in [4.69, 9.17) is 4.74 Å². The molecule has 3 rings (SSSR count). The number of esters is 1. The molecule has 3 aliphatic carbocycles. The molecule has 2 saturated carbocycles. The van der Waals surface area contributed by atoms with Crippen LogP contribution in [0.4, 0.5) is 0 Å². The fraction of sp³-hybridized carbons (Fsp3) is 0.765.